The Morgan fingerprint density at radius 2 is 1.71 bits per heavy atom. The zero-order valence-corrected chi connectivity index (χ0v) is 27.4. The van der Waals surface area contributed by atoms with Gasteiger partial charge in [-0.1, -0.05) is 51.1 Å². The van der Waals surface area contributed by atoms with Crippen LogP contribution in [0.2, 0.25) is 0 Å². The van der Waals surface area contributed by atoms with Crippen molar-refractivity contribution in [1.29, 1.82) is 0 Å². The van der Waals surface area contributed by atoms with Gasteiger partial charge in [0, 0.05) is 30.0 Å². The average Bonchev–Trinajstić information content (AvgIpc) is 2.97. The number of nitrogens with two attached hydrogens (primary N) is 1. The number of alkyl halides is 3. The molecule has 1 fully saturated rings. The third-order valence-corrected chi connectivity index (χ3v) is 10.1. The lowest BCUT2D eigenvalue weighted by molar-refractivity contribution is -0.153. The van der Waals surface area contributed by atoms with Crippen molar-refractivity contribution < 1.29 is 48.0 Å². The minimum atomic E-state index is -4.93. The predicted molar refractivity (Wildman–Crippen MR) is 170 cm³/mol. The molecule has 2 aromatic rings. The van der Waals surface area contributed by atoms with Gasteiger partial charge in [0.25, 0.3) is 5.91 Å². The monoisotopic (exact) mass is 671 g/mol. The van der Waals surface area contributed by atoms with E-state index in [-0.39, 0.29) is 18.5 Å². The van der Waals surface area contributed by atoms with Crippen molar-refractivity contribution in [1.82, 2.24) is 9.80 Å². The smallest absolute Gasteiger partial charge is 0.417 e. The van der Waals surface area contributed by atoms with Gasteiger partial charge in [-0.3, -0.25) is 24.2 Å². The lowest BCUT2D eigenvalue weighted by Gasteiger charge is -2.50. The fraction of sp³-hybridized carbons (Fsp3) is 0.457. The number of aromatic hydroxyl groups is 1. The van der Waals surface area contributed by atoms with Crippen molar-refractivity contribution in [3.8, 4) is 5.75 Å². The van der Waals surface area contributed by atoms with E-state index in [0.717, 1.165) is 11.6 Å². The number of Topliss-reactive ketones (excluding diaryl/α,β-unsaturated/α-hetero) is 2. The second kappa shape index (κ2) is 12.0. The van der Waals surface area contributed by atoms with Crippen LogP contribution in [0.3, 0.4) is 0 Å². The van der Waals surface area contributed by atoms with Gasteiger partial charge in [-0.2, -0.15) is 13.2 Å². The lowest BCUT2D eigenvalue weighted by Crippen LogP contribution is -2.65. The van der Waals surface area contributed by atoms with Gasteiger partial charge in [0.05, 0.1) is 17.2 Å². The number of benzene rings is 2. The molecule has 6 N–H and O–H groups in total. The van der Waals surface area contributed by atoms with Crippen LogP contribution in [0.5, 0.6) is 5.75 Å². The summed E-state index contributed by atoms with van der Waals surface area (Å²) in [5.41, 5.74) is -0.761. The van der Waals surface area contributed by atoms with Crippen LogP contribution in [-0.2, 0) is 38.9 Å². The highest BCUT2D eigenvalue weighted by Gasteiger charge is 2.64. The number of amides is 1. The molecule has 0 unspecified atom stereocenters. The van der Waals surface area contributed by atoms with Crippen molar-refractivity contribution >= 4 is 23.2 Å². The highest BCUT2D eigenvalue weighted by Crippen LogP contribution is 2.54. The molecule has 258 valence electrons. The fourth-order valence-corrected chi connectivity index (χ4v) is 7.92. The van der Waals surface area contributed by atoms with Gasteiger partial charge in [-0.05, 0) is 62.2 Å². The number of aliphatic hydroxyl groups is 3. The van der Waals surface area contributed by atoms with Gasteiger partial charge in [0.1, 0.15) is 22.8 Å². The fourth-order valence-electron chi connectivity index (χ4n) is 7.92. The first kappa shape index (κ1) is 35.1. The lowest BCUT2D eigenvalue weighted by atomic mass is 9.57. The van der Waals surface area contributed by atoms with Crippen molar-refractivity contribution in [2.45, 2.75) is 63.4 Å². The minimum absolute atomic E-state index is 0.183. The molecule has 0 radical (unpaired) electrons. The summed E-state index contributed by atoms with van der Waals surface area (Å²) in [5.74, 6) is -9.10. The molecule has 5 rings (SSSR count). The zero-order chi connectivity index (χ0) is 35.7. The summed E-state index contributed by atoms with van der Waals surface area (Å²) in [7, 11) is 2.89. The average molecular weight is 672 g/mol. The van der Waals surface area contributed by atoms with E-state index in [4.69, 9.17) is 5.73 Å². The molecule has 0 heterocycles. The molecule has 0 bridgehead atoms. The number of hydrogen-bond donors (Lipinski definition) is 5. The van der Waals surface area contributed by atoms with E-state index in [2.05, 4.69) is 0 Å². The van der Waals surface area contributed by atoms with E-state index < -0.39 is 104 Å². The summed E-state index contributed by atoms with van der Waals surface area (Å²) in [5, 5.41) is 45.3. The van der Waals surface area contributed by atoms with Crippen LogP contribution in [0.15, 0.2) is 53.3 Å². The number of nitrogens with zero attached hydrogens (tertiary/aromatic N) is 2. The Kier molecular flexibility index (Phi) is 8.81. The van der Waals surface area contributed by atoms with Gasteiger partial charge < -0.3 is 26.2 Å². The number of halogens is 3. The first-order valence-corrected chi connectivity index (χ1v) is 15.6. The van der Waals surface area contributed by atoms with Crippen LogP contribution in [0.1, 0.15) is 55.0 Å². The Morgan fingerprint density at radius 1 is 1.08 bits per heavy atom. The molecular weight excluding hydrogens is 631 g/mol. The topological polar surface area (TPSA) is 165 Å². The van der Waals surface area contributed by atoms with E-state index in [9.17, 15) is 34.8 Å². The standard InChI is InChI=1S/C35H40F3N3O7/c1-6-41(16-33(2,3)19-10-8-7-9-11-19)15-18-14-22(42)24-20(26(18)35(36,37)38)12-17-13-21-27(40(4)5)29(44)25(32(39)47)31(46)34(21,48)30(45)23(17)28(24)43/h7-11,14,17,21,27,42-43,46,48H,6,12-13,15-16H2,1-5H3,(H2,39,47)/t17-,21-,27-,34-/m0/s1. The van der Waals surface area contributed by atoms with E-state index in [1.54, 1.807) is 0 Å². The Morgan fingerprint density at radius 3 is 2.25 bits per heavy atom. The maximum atomic E-state index is 15.0. The van der Waals surface area contributed by atoms with E-state index in [1.165, 1.54) is 19.0 Å². The summed E-state index contributed by atoms with van der Waals surface area (Å²) in [4.78, 5) is 42.7. The molecule has 3 aliphatic carbocycles. The number of aliphatic hydroxyl groups excluding tert-OH is 2. The molecule has 0 saturated heterocycles. The Balaban J connectivity index is 1.64. The predicted octanol–water partition coefficient (Wildman–Crippen LogP) is 3.78. The molecule has 13 heteroatoms. The number of likely N-dealkylation sites (N-methyl/N-ethyl adjacent to an activating group) is 2. The summed E-state index contributed by atoms with van der Waals surface area (Å²) in [6.45, 7) is 6.39. The first-order chi connectivity index (χ1) is 22.3. The molecule has 48 heavy (non-hydrogen) atoms. The van der Waals surface area contributed by atoms with Crippen LogP contribution >= 0.6 is 0 Å². The summed E-state index contributed by atoms with van der Waals surface area (Å²) in [6, 6.07) is 9.14. The number of rotatable bonds is 8. The first-order valence-electron chi connectivity index (χ1n) is 15.6. The Labute approximate surface area is 276 Å². The third-order valence-electron chi connectivity index (χ3n) is 10.1. The summed E-state index contributed by atoms with van der Waals surface area (Å²) >= 11 is 0. The zero-order valence-electron chi connectivity index (χ0n) is 27.4. The third kappa shape index (κ3) is 5.47. The number of fused-ring (bicyclic) bond motifs is 3. The highest BCUT2D eigenvalue weighted by molar-refractivity contribution is 6.24. The molecule has 0 spiro atoms. The molecule has 2 aromatic carbocycles. The normalized spacial score (nSPS) is 24.6. The SMILES string of the molecule is CCN(Cc1cc(O)c2c(c1C(F)(F)F)C[C@H]1C[C@H]3[C@H](N(C)C)C(=O)C(C(N)=O)=C(O)[C@@]3(O)C(=O)C1=C2O)CC(C)(C)c1ccccc1. The van der Waals surface area contributed by atoms with Crippen molar-refractivity contribution in [3.05, 3.63) is 81.1 Å². The minimum Gasteiger partial charge on any atom is -0.508 e. The second-order valence-electron chi connectivity index (χ2n) is 13.8. The van der Waals surface area contributed by atoms with E-state index in [1.807, 2.05) is 56.0 Å². The molecule has 3 aliphatic rings. The van der Waals surface area contributed by atoms with Crippen LogP contribution in [-0.4, -0.2) is 86.5 Å². The number of phenols is 1. The van der Waals surface area contributed by atoms with E-state index in [0.29, 0.717) is 13.1 Å². The molecule has 10 nitrogen and oxygen atoms in total. The molecule has 4 atom stereocenters. The van der Waals surface area contributed by atoms with Gasteiger partial charge in [0.2, 0.25) is 5.78 Å². The van der Waals surface area contributed by atoms with Gasteiger partial charge in [-0.25, -0.2) is 0 Å². The van der Waals surface area contributed by atoms with Gasteiger partial charge in [-0.15, -0.1) is 0 Å². The molecular formula is C35H40F3N3O7. The molecule has 0 aliphatic heterocycles. The largest absolute Gasteiger partial charge is 0.508 e. The number of carbonyl (C=O) groups is 3. The van der Waals surface area contributed by atoms with Crippen molar-refractivity contribution in [2.24, 2.45) is 17.6 Å². The summed E-state index contributed by atoms with van der Waals surface area (Å²) < 4.78 is 45.1. The maximum Gasteiger partial charge on any atom is 0.417 e. The van der Waals surface area contributed by atoms with Crippen LogP contribution in [0.4, 0.5) is 13.2 Å². The number of ketones is 2. The molecule has 1 amide bonds. The van der Waals surface area contributed by atoms with Crippen LogP contribution in [0, 0.1) is 11.8 Å². The van der Waals surface area contributed by atoms with E-state index >= 15 is 13.2 Å². The number of phenolic OH excluding ortho intramolecular Hbond substituents is 1. The van der Waals surface area contributed by atoms with Crippen LogP contribution in [0.25, 0.3) is 5.76 Å². The number of carbonyl (C=O) groups excluding carboxylic acids is 3. The molecule has 0 aromatic heterocycles. The van der Waals surface area contributed by atoms with Crippen molar-refractivity contribution in [2.75, 3.05) is 27.2 Å². The Hall–Kier alpha value is -4.20. The van der Waals surface area contributed by atoms with Gasteiger partial charge in [0.15, 0.2) is 11.4 Å². The molecule has 1 saturated carbocycles. The quantitative estimate of drug-likeness (QED) is 0.263. The van der Waals surface area contributed by atoms with Gasteiger partial charge >= 0.3 is 6.18 Å². The number of primary amides is 1. The van der Waals surface area contributed by atoms with Crippen molar-refractivity contribution in [3.63, 3.8) is 0 Å². The Bertz CT molecular complexity index is 1750. The highest BCUT2D eigenvalue weighted by atomic mass is 19.4. The second-order valence-corrected chi connectivity index (χ2v) is 13.8. The van der Waals surface area contributed by atoms with Crippen LogP contribution < -0.4 is 5.73 Å². The number of hydrogen-bond acceptors (Lipinski definition) is 9. The maximum absolute atomic E-state index is 15.0. The summed E-state index contributed by atoms with van der Waals surface area (Å²) in [6.07, 6.45) is -5.71.